The average Bonchev–Trinajstić information content (AvgIpc) is 2.55. The van der Waals surface area contributed by atoms with Crippen LogP contribution in [0.4, 0.5) is 0 Å². The molecule has 0 spiro atoms. The molecule has 0 aliphatic carbocycles. The minimum Gasteiger partial charge on any atom is -0.506 e. The molecule has 4 heteroatoms. The maximum Gasteiger partial charge on any atom is 0.257 e. The van der Waals surface area contributed by atoms with Crippen molar-refractivity contribution in [2.45, 2.75) is 12.8 Å². The van der Waals surface area contributed by atoms with Gasteiger partial charge < -0.3 is 15.1 Å². The minimum absolute atomic E-state index is 0.0578. The largest absolute Gasteiger partial charge is 0.506 e. The molecule has 3 rings (SSSR count). The van der Waals surface area contributed by atoms with Crippen LogP contribution in [0.2, 0.25) is 0 Å². The van der Waals surface area contributed by atoms with Gasteiger partial charge in [0.15, 0.2) is 0 Å². The second-order valence-corrected chi connectivity index (χ2v) is 5.60. The minimum atomic E-state index is -0.130. The van der Waals surface area contributed by atoms with Crippen LogP contribution >= 0.6 is 0 Å². The number of aliphatic hydroxyl groups excluding tert-OH is 1. The highest BCUT2D eigenvalue weighted by molar-refractivity contribution is 6.03. The molecule has 0 radical (unpaired) electrons. The maximum absolute atomic E-state index is 12.6. The number of carbonyl (C=O) groups excluding carboxylic acids is 1. The summed E-state index contributed by atoms with van der Waals surface area (Å²) < 4.78 is 0. The van der Waals surface area contributed by atoms with Gasteiger partial charge >= 0.3 is 0 Å². The molecule has 1 fully saturated rings. The second-order valence-electron chi connectivity index (χ2n) is 5.60. The Morgan fingerprint density at radius 3 is 2.57 bits per heavy atom. The Morgan fingerprint density at radius 1 is 1.14 bits per heavy atom. The number of phenolic OH excluding ortho intramolecular Hbond substituents is 1. The molecule has 1 aliphatic heterocycles. The van der Waals surface area contributed by atoms with Gasteiger partial charge in [0.1, 0.15) is 5.75 Å². The van der Waals surface area contributed by atoms with Gasteiger partial charge in [0.2, 0.25) is 0 Å². The van der Waals surface area contributed by atoms with E-state index in [2.05, 4.69) is 0 Å². The maximum atomic E-state index is 12.6. The number of hydrogen-bond donors (Lipinski definition) is 2. The summed E-state index contributed by atoms with van der Waals surface area (Å²) in [5.74, 6) is 0.219. The third-order valence-electron chi connectivity index (χ3n) is 4.29. The van der Waals surface area contributed by atoms with Crippen LogP contribution in [0.3, 0.4) is 0 Å². The number of nitrogens with zero attached hydrogens (tertiary/aromatic N) is 1. The summed E-state index contributed by atoms with van der Waals surface area (Å²) in [5, 5.41) is 21.1. The van der Waals surface area contributed by atoms with E-state index in [0.29, 0.717) is 30.0 Å². The number of hydrogen-bond acceptors (Lipinski definition) is 3. The van der Waals surface area contributed by atoms with E-state index in [9.17, 15) is 9.90 Å². The van der Waals surface area contributed by atoms with Gasteiger partial charge in [-0.1, -0.05) is 30.3 Å². The zero-order valence-corrected chi connectivity index (χ0v) is 11.8. The summed E-state index contributed by atoms with van der Waals surface area (Å²) in [5.41, 5.74) is 0.358. The van der Waals surface area contributed by atoms with Crippen LogP contribution in [0, 0.1) is 5.92 Å². The van der Waals surface area contributed by atoms with Gasteiger partial charge in [-0.15, -0.1) is 0 Å². The van der Waals surface area contributed by atoms with Crippen LogP contribution in [-0.4, -0.2) is 40.7 Å². The molecule has 0 atom stereocenters. The fourth-order valence-corrected chi connectivity index (χ4v) is 2.92. The van der Waals surface area contributed by atoms with Gasteiger partial charge in [-0.05, 0) is 30.2 Å². The molecule has 1 aliphatic rings. The van der Waals surface area contributed by atoms with Crippen molar-refractivity contribution in [1.82, 2.24) is 4.90 Å². The van der Waals surface area contributed by atoms with Crippen molar-refractivity contribution in [2.24, 2.45) is 5.92 Å². The van der Waals surface area contributed by atoms with Crippen molar-refractivity contribution in [3.63, 3.8) is 0 Å². The average molecular weight is 285 g/mol. The highest BCUT2D eigenvalue weighted by Crippen LogP contribution is 2.30. The molecule has 0 aromatic heterocycles. The fraction of sp³-hybridized carbons (Fsp3) is 0.353. The molecule has 2 aromatic rings. The van der Waals surface area contributed by atoms with Crippen molar-refractivity contribution in [2.75, 3.05) is 19.7 Å². The molecule has 21 heavy (non-hydrogen) atoms. The lowest BCUT2D eigenvalue weighted by molar-refractivity contribution is 0.0648. The lowest BCUT2D eigenvalue weighted by Gasteiger charge is -2.31. The van der Waals surface area contributed by atoms with E-state index in [1.807, 2.05) is 30.3 Å². The van der Waals surface area contributed by atoms with E-state index in [4.69, 9.17) is 5.11 Å². The van der Waals surface area contributed by atoms with Crippen molar-refractivity contribution >= 4 is 16.7 Å². The van der Waals surface area contributed by atoms with Crippen LogP contribution in [0.5, 0.6) is 5.75 Å². The van der Waals surface area contributed by atoms with E-state index in [1.165, 1.54) is 0 Å². The summed E-state index contributed by atoms with van der Waals surface area (Å²) in [4.78, 5) is 14.3. The lowest BCUT2D eigenvalue weighted by Crippen LogP contribution is -2.39. The Labute approximate surface area is 123 Å². The van der Waals surface area contributed by atoms with Crippen molar-refractivity contribution in [1.29, 1.82) is 0 Å². The number of benzene rings is 2. The first kappa shape index (κ1) is 13.9. The highest BCUT2D eigenvalue weighted by atomic mass is 16.3. The van der Waals surface area contributed by atoms with Crippen LogP contribution in [0.1, 0.15) is 23.2 Å². The smallest absolute Gasteiger partial charge is 0.257 e. The van der Waals surface area contributed by atoms with Crippen LogP contribution in [0.25, 0.3) is 10.8 Å². The molecule has 0 saturated carbocycles. The summed E-state index contributed by atoms with van der Waals surface area (Å²) in [6, 6.07) is 11.0. The Kier molecular flexibility index (Phi) is 3.80. The third kappa shape index (κ3) is 2.59. The van der Waals surface area contributed by atoms with Gasteiger partial charge in [-0.2, -0.15) is 0 Å². The Bertz CT molecular complexity index is 660. The molecular weight excluding hydrogens is 266 g/mol. The number of likely N-dealkylation sites (tertiary alicyclic amines) is 1. The van der Waals surface area contributed by atoms with Gasteiger partial charge in [-0.3, -0.25) is 4.79 Å². The number of phenols is 1. The summed E-state index contributed by atoms with van der Waals surface area (Å²) in [6.07, 6.45) is 1.63. The van der Waals surface area contributed by atoms with Gasteiger partial charge in [0.25, 0.3) is 5.91 Å². The normalized spacial score (nSPS) is 16.3. The summed E-state index contributed by atoms with van der Waals surface area (Å²) >= 11 is 0. The second kappa shape index (κ2) is 5.74. The lowest BCUT2D eigenvalue weighted by atomic mass is 9.97. The predicted molar refractivity (Wildman–Crippen MR) is 81.3 cm³/mol. The first-order chi connectivity index (χ1) is 10.2. The Balaban J connectivity index is 1.87. The molecule has 110 valence electrons. The van der Waals surface area contributed by atoms with Crippen LogP contribution in [0.15, 0.2) is 36.4 Å². The Morgan fingerprint density at radius 2 is 1.86 bits per heavy atom. The fourth-order valence-electron chi connectivity index (χ4n) is 2.92. The third-order valence-corrected chi connectivity index (χ3v) is 4.29. The quantitative estimate of drug-likeness (QED) is 0.890. The zero-order chi connectivity index (χ0) is 14.8. The number of aromatic hydroxyl groups is 1. The number of piperidine rings is 1. The number of amides is 1. The van der Waals surface area contributed by atoms with Crippen molar-refractivity contribution in [3.8, 4) is 5.75 Å². The van der Waals surface area contributed by atoms with Gasteiger partial charge in [0.05, 0.1) is 5.56 Å². The first-order valence-electron chi connectivity index (χ1n) is 7.31. The predicted octanol–water partition coefficient (Wildman–Crippen LogP) is 2.39. The Hall–Kier alpha value is -2.07. The molecule has 0 bridgehead atoms. The van der Waals surface area contributed by atoms with Gasteiger partial charge in [0, 0.05) is 25.1 Å². The van der Waals surface area contributed by atoms with Gasteiger partial charge in [-0.25, -0.2) is 0 Å². The standard InChI is InChI=1S/C17H19NO3/c19-11-12-7-9-18(10-8-12)17(21)15-6-5-13-3-1-2-4-14(13)16(15)20/h1-6,12,19-20H,7-11H2. The molecular formula is C17H19NO3. The number of aliphatic hydroxyl groups is 1. The molecule has 4 nitrogen and oxygen atoms in total. The SMILES string of the molecule is O=C(c1ccc2ccccc2c1O)N1CCC(CO)CC1. The molecule has 1 amide bonds. The topological polar surface area (TPSA) is 60.8 Å². The highest BCUT2D eigenvalue weighted by Gasteiger charge is 2.25. The molecule has 2 N–H and O–H groups in total. The van der Waals surface area contributed by atoms with E-state index in [-0.39, 0.29) is 18.3 Å². The molecule has 1 saturated heterocycles. The van der Waals surface area contributed by atoms with E-state index >= 15 is 0 Å². The number of carbonyl (C=O) groups is 1. The summed E-state index contributed by atoms with van der Waals surface area (Å²) in [6.45, 7) is 1.45. The van der Waals surface area contributed by atoms with Crippen molar-refractivity contribution < 1.29 is 15.0 Å². The molecule has 1 heterocycles. The number of fused-ring (bicyclic) bond motifs is 1. The van der Waals surface area contributed by atoms with Crippen LogP contribution in [-0.2, 0) is 0 Å². The van der Waals surface area contributed by atoms with E-state index < -0.39 is 0 Å². The number of rotatable bonds is 2. The molecule has 2 aromatic carbocycles. The monoisotopic (exact) mass is 285 g/mol. The first-order valence-corrected chi connectivity index (χ1v) is 7.31. The van der Waals surface area contributed by atoms with E-state index in [0.717, 1.165) is 18.2 Å². The van der Waals surface area contributed by atoms with Crippen LogP contribution < -0.4 is 0 Å². The molecule has 0 unspecified atom stereocenters. The zero-order valence-electron chi connectivity index (χ0n) is 11.8. The van der Waals surface area contributed by atoms with E-state index in [1.54, 1.807) is 11.0 Å². The van der Waals surface area contributed by atoms with Crippen molar-refractivity contribution in [3.05, 3.63) is 42.0 Å². The summed E-state index contributed by atoms with van der Waals surface area (Å²) in [7, 11) is 0.